The quantitative estimate of drug-likeness (QED) is 0.226. The zero-order valence-corrected chi connectivity index (χ0v) is 20.2. The molecule has 168 valence electrons. The smallest absolute Gasteiger partial charge is 0.136 e. The Morgan fingerprint density at radius 3 is 1.72 bits per heavy atom. The summed E-state index contributed by atoms with van der Waals surface area (Å²) in [5.41, 5.74) is 6.99. The minimum absolute atomic E-state index is 0.940. The van der Waals surface area contributed by atoms with E-state index in [0.717, 1.165) is 11.2 Å². The number of hydrogen-bond donors (Lipinski definition) is 0. The molecule has 0 N–H and O–H groups in total. The normalized spacial score (nSPS) is 11.9. The molecule has 2 aromatic heterocycles. The van der Waals surface area contributed by atoms with Crippen LogP contribution in [0.2, 0.25) is 0 Å². The van der Waals surface area contributed by atoms with E-state index < -0.39 is 0 Å². The van der Waals surface area contributed by atoms with Crippen molar-refractivity contribution in [2.24, 2.45) is 0 Å². The van der Waals surface area contributed by atoms with Gasteiger partial charge in [-0.05, 0) is 61.8 Å². The van der Waals surface area contributed by atoms with Crippen LogP contribution < -0.4 is 0 Å². The summed E-state index contributed by atoms with van der Waals surface area (Å²) in [5, 5.41) is 11.0. The molecule has 2 heterocycles. The van der Waals surface area contributed by atoms with Crippen LogP contribution in [0, 0.1) is 0 Å². The van der Waals surface area contributed by atoms with Gasteiger partial charge >= 0.3 is 0 Å². The van der Waals surface area contributed by atoms with Crippen molar-refractivity contribution in [3.05, 3.63) is 121 Å². The predicted octanol–water partition coefficient (Wildman–Crippen LogP) is 10.4. The number of hydrogen-bond acceptors (Lipinski definition) is 2. The van der Waals surface area contributed by atoms with E-state index in [1.807, 2.05) is 23.5 Å². The molecule has 0 aliphatic rings. The Morgan fingerprint density at radius 1 is 0.444 bits per heavy atom. The predicted molar refractivity (Wildman–Crippen MR) is 155 cm³/mol. The molecule has 0 unspecified atom stereocenters. The number of thiophene rings is 1. The molecule has 36 heavy (non-hydrogen) atoms. The second-order valence-electron chi connectivity index (χ2n) is 9.30. The van der Waals surface area contributed by atoms with Gasteiger partial charge < -0.3 is 4.42 Å². The van der Waals surface area contributed by atoms with Crippen molar-refractivity contribution in [2.45, 2.75) is 0 Å². The topological polar surface area (TPSA) is 13.1 Å². The lowest BCUT2D eigenvalue weighted by Crippen LogP contribution is -1.90. The molecule has 6 aromatic carbocycles. The van der Waals surface area contributed by atoms with E-state index in [9.17, 15) is 0 Å². The molecule has 8 rings (SSSR count). The van der Waals surface area contributed by atoms with Gasteiger partial charge in [-0.1, -0.05) is 97.1 Å². The molecular formula is C34H20OS. The van der Waals surface area contributed by atoms with Gasteiger partial charge in [0.15, 0.2) is 0 Å². The fraction of sp³-hybridized carbons (Fsp3) is 0. The van der Waals surface area contributed by atoms with E-state index >= 15 is 0 Å². The summed E-state index contributed by atoms with van der Waals surface area (Å²) in [5.74, 6) is 0. The molecule has 0 bridgehead atoms. The maximum atomic E-state index is 6.28. The average Bonchev–Trinajstić information content (AvgIpc) is 3.51. The van der Waals surface area contributed by atoms with Crippen LogP contribution in [0.1, 0.15) is 0 Å². The summed E-state index contributed by atoms with van der Waals surface area (Å²) in [6, 6.07) is 41.3. The van der Waals surface area contributed by atoms with Gasteiger partial charge in [0.25, 0.3) is 0 Å². The molecule has 2 heteroatoms. The highest BCUT2D eigenvalue weighted by Crippen LogP contribution is 2.47. The number of rotatable bonds is 2. The van der Waals surface area contributed by atoms with Crippen LogP contribution in [0.3, 0.4) is 0 Å². The van der Waals surface area contributed by atoms with Crippen molar-refractivity contribution in [2.75, 3.05) is 0 Å². The van der Waals surface area contributed by atoms with Crippen molar-refractivity contribution in [3.8, 4) is 22.3 Å². The highest BCUT2D eigenvalue weighted by Gasteiger charge is 2.19. The molecular weight excluding hydrogens is 456 g/mol. The molecule has 0 fully saturated rings. The summed E-state index contributed by atoms with van der Waals surface area (Å²) in [7, 11) is 0. The summed E-state index contributed by atoms with van der Waals surface area (Å²) in [4.78, 5) is 0. The zero-order valence-electron chi connectivity index (χ0n) is 19.4. The summed E-state index contributed by atoms with van der Waals surface area (Å²) < 4.78 is 7.56. The molecule has 0 atom stereocenters. The second-order valence-corrected chi connectivity index (χ2v) is 10.2. The SMILES string of the molecule is c1ccc(-c2c3ccccc3c(-c3csc4cc5c(cc34)oc3ccccc35)c3ccccc23)cc1. The van der Waals surface area contributed by atoms with Gasteiger partial charge in [0.2, 0.25) is 0 Å². The Hall–Kier alpha value is -4.40. The summed E-state index contributed by atoms with van der Waals surface area (Å²) in [6.45, 7) is 0. The maximum absolute atomic E-state index is 6.28. The fourth-order valence-corrected chi connectivity index (χ4v) is 6.74. The van der Waals surface area contributed by atoms with Gasteiger partial charge in [0.1, 0.15) is 11.2 Å². The van der Waals surface area contributed by atoms with Crippen molar-refractivity contribution in [1.82, 2.24) is 0 Å². The van der Waals surface area contributed by atoms with Gasteiger partial charge in [0.05, 0.1) is 0 Å². The molecule has 0 aliphatic carbocycles. The maximum Gasteiger partial charge on any atom is 0.136 e. The third kappa shape index (κ3) is 2.76. The zero-order chi connectivity index (χ0) is 23.6. The highest BCUT2D eigenvalue weighted by atomic mass is 32.1. The first kappa shape index (κ1) is 19.9. The summed E-state index contributed by atoms with van der Waals surface area (Å²) in [6.07, 6.45) is 0. The molecule has 0 amide bonds. The first-order valence-corrected chi connectivity index (χ1v) is 13.1. The molecule has 0 saturated carbocycles. The Bertz CT molecular complexity index is 2040. The van der Waals surface area contributed by atoms with E-state index in [-0.39, 0.29) is 0 Å². The van der Waals surface area contributed by atoms with Crippen LogP contribution in [-0.2, 0) is 0 Å². The Kier molecular flexibility index (Phi) is 4.16. The lowest BCUT2D eigenvalue weighted by atomic mass is 9.86. The molecule has 0 saturated heterocycles. The van der Waals surface area contributed by atoms with E-state index in [1.54, 1.807) is 0 Å². The van der Waals surface area contributed by atoms with Crippen LogP contribution >= 0.6 is 11.3 Å². The summed E-state index contributed by atoms with van der Waals surface area (Å²) >= 11 is 1.81. The largest absolute Gasteiger partial charge is 0.456 e. The van der Waals surface area contributed by atoms with E-state index in [4.69, 9.17) is 4.42 Å². The Balaban J connectivity index is 1.51. The van der Waals surface area contributed by atoms with E-state index in [1.165, 1.54) is 64.7 Å². The van der Waals surface area contributed by atoms with E-state index in [0.29, 0.717) is 0 Å². The van der Waals surface area contributed by atoms with Crippen molar-refractivity contribution < 1.29 is 4.42 Å². The fourth-order valence-electron chi connectivity index (χ4n) is 5.77. The van der Waals surface area contributed by atoms with Gasteiger partial charge in [-0.3, -0.25) is 0 Å². The lowest BCUT2D eigenvalue weighted by Gasteiger charge is -2.17. The number of furan rings is 1. The molecule has 0 radical (unpaired) electrons. The first-order chi connectivity index (χ1) is 17.9. The number of para-hydroxylation sites is 1. The van der Waals surface area contributed by atoms with Gasteiger partial charge in [0, 0.05) is 26.4 Å². The standard InChI is InChI=1S/C34H20OS/c1-2-10-21(11-3-1)33-23-13-4-6-15-25(23)34(26-16-7-5-14-24(26)33)29-20-36-32-19-27-22-12-8-9-17-30(22)35-31(27)18-28(29)32/h1-20H. The molecule has 0 aliphatic heterocycles. The second kappa shape index (κ2) is 7.55. The third-order valence-corrected chi connectivity index (χ3v) is 8.28. The highest BCUT2D eigenvalue weighted by molar-refractivity contribution is 7.17. The van der Waals surface area contributed by atoms with Crippen LogP contribution in [0.25, 0.3) is 75.8 Å². The van der Waals surface area contributed by atoms with Crippen LogP contribution in [0.5, 0.6) is 0 Å². The van der Waals surface area contributed by atoms with Crippen LogP contribution in [-0.4, -0.2) is 0 Å². The number of benzene rings is 6. The molecule has 8 aromatic rings. The van der Waals surface area contributed by atoms with Crippen LogP contribution in [0.15, 0.2) is 125 Å². The van der Waals surface area contributed by atoms with Gasteiger partial charge in [-0.25, -0.2) is 0 Å². The van der Waals surface area contributed by atoms with Crippen molar-refractivity contribution in [1.29, 1.82) is 0 Å². The van der Waals surface area contributed by atoms with Crippen LogP contribution in [0.4, 0.5) is 0 Å². The lowest BCUT2D eigenvalue weighted by molar-refractivity contribution is 0.669. The van der Waals surface area contributed by atoms with Gasteiger partial charge in [-0.2, -0.15) is 0 Å². The van der Waals surface area contributed by atoms with Crippen molar-refractivity contribution >= 4 is 64.9 Å². The minimum atomic E-state index is 0.940. The first-order valence-electron chi connectivity index (χ1n) is 12.2. The number of fused-ring (bicyclic) bond motifs is 6. The van der Waals surface area contributed by atoms with Crippen molar-refractivity contribution in [3.63, 3.8) is 0 Å². The molecule has 0 spiro atoms. The Morgan fingerprint density at radius 2 is 1.03 bits per heavy atom. The third-order valence-electron chi connectivity index (χ3n) is 7.34. The minimum Gasteiger partial charge on any atom is -0.456 e. The monoisotopic (exact) mass is 476 g/mol. The van der Waals surface area contributed by atoms with E-state index in [2.05, 4.69) is 109 Å². The van der Waals surface area contributed by atoms with Gasteiger partial charge in [-0.15, -0.1) is 11.3 Å². The Labute approximate surface area is 211 Å². The molecule has 1 nitrogen and oxygen atoms in total. The average molecular weight is 477 g/mol.